The van der Waals surface area contributed by atoms with Crippen molar-refractivity contribution in [1.82, 2.24) is 10.2 Å². The molecular weight excluding hydrogens is 292 g/mol. The zero-order valence-electron chi connectivity index (χ0n) is 13.6. The Hall–Kier alpha value is -2.17. The Labute approximate surface area is 136 Å². The molecule has 3 rings (SSSR count). The molecule has 1 saturated heterocycles. The third-order valence-corrected chi connectivity index (χ3v) is 5.18. The van der Waals surface area contributed by atoms with Gasteiger partial charge in [-0.2, -0.15) is 0 Å². The Morgan fingerprint density at radius 2 is 1.96 bits per heavy atom. The van der Waals surface area contributed by atoms with Crippen molar-refractivity contribution in [2.45, 2.75) is 45.1 Å². The first-order valence-corrected chi connectivity index (χ1v) is 8.18. The number of carbonyl (C=O) groups excluding carboxylic acids is 3. The zero-order chi connectivity index (χ0) is 16.6. The number of urea groups is 1. The van der Waals surface area contributed by atoms with E-state index >= 15 is 0 Å². The molecule has 0 radical (unpaired) electrons. The molecular formula is C18H22N2O3. The molecule has 1 heterocycles. The van der Waals surface area contributed by atoms with Crippen molar-refractivity contribution in [1.29, 1.82) is 0 Å². The van der Waals surface area contributed by atoms with Crippen molar-refractivity contribution in [2.24, 2.45) is 5.92 Å². The third kappa shape index (κ3) is 2.64. The van der Waals surface area contributed by atoms with Crippen molar-refractivity contribution in [3.05, 3.63) is 35.4 Å². The van der Waals surface area contributed by atoms with Crippen LogP contribution in [0.15, 0.2) is 24.3 Å². The lowest BCUT2D eigenvalue weighted by Crippen LogP contribution is -2.54. The van der Waals surface area contributed by atoms with Crippen LogP contribution in [0.1, 0.15) is 48.5 Å². The number of ketones is 1. The third-order valence-electron chi connectivity index (χ3n) is 5.18. The van der Waals surface area contributed by atoms with Gasteiger partial charge in [0, 0.05) is 5.56 Å². The van der Waals surface area contributed by atoms with E-state index in [1.165, 1.54) is 0 Å². The summed E-state index contributed by atoms with van der Waals surface area (Å²) in [6, 6.07) is 6.72. The molecule has 1 saturated carbocycles. The molecule has 5 heteroatoms. The Balaban J connectivity index is 1.78. The molecule has 122 valence electrons. The van der Waals surface area contributed by atoms with Gasteiger partial charge in [-0.25, -0.2) is 4.79 Å². The maximum Gasteiger partial charge on any atom is 0.325 e. The first kappa shape index (κ1) is 15.7. The molecule has 1 aliphatic heterocycles. The average Bonchev–Trinajstić information content (AvgIpc) is 2.76. The summed E-state index contributed by atoms with van der Waals surface area (Å²) in [4.78, 5) is 38.6. The number of aryl methyl sites for hydroxylation is 1. The molecule has 0 bridgehead atoms. The van der Waals surface area contributed by atoms with Crippen molar-refractivity contribution < 1.29 is 14.4 Å². The predicted molar refractivity (Wildman–Crippen MR) is 86.1 cm³/mol. The number of nitrogens with zero attached hydrogens (tertiary/aromatic N) is 1. The van der Waals surface area contributed by atoms with Crippen LogP contribution in [0.4, 0.5) is 4.79 Å². The summed E-state index contributed by atoms with van der Waals surface area (Å²) in [5.74, 6) is -0.351. The molecule has 1 N–H and O–H groups in total. The Morgan fingerprint density at radius 1 is 1.26 bits per heavy atom. The lowest BCUT2D eigenvalue weighted by Gasteiger charge is -2.36. The average molecular weight is 314 g/mol. The highest BCUT2D eigenvalue weighted by molar-refractivity contribution is 6.11. The molecule has 3 amide bonds. The number of Topliss-reactive ketones (excluding diaryl/α,β-unsaturated/α-hetero) is 1. The predicted octanol–water partition coefficient (Wildman–Crippen LogP) is 2.68. The van der Waals surface area contributed by atoms with Gasteiger partial charge in [-0.15, -0.1) is 0 Å². The SMILES string of the molecule is Cc1ccc(C(=O)CN2C(=O)N[C@]3(CCCC[C@H]3C)C2=O)cc1. The summed E-state index contributed by atoms with van der Waals surface area (Å²) >= 11 is 0. The van der Waals surface area contributed by atoms with E-state index in [9.17, 15) is 14.4 Å². The number of carbonyl (C=O) groups is 3. The Bertz CT molecular complexity index is 653. The normalized spacial score (nSPS) is 27.4. The van der Waals surface area contributed by atoms with Gasteiger partial charge in [0.1, 0.15) is 5.54 Å². The van der Waals surface area contributed by atoms with Gasteiger partial charge in [0.2, 0.25) is 0 Å². The second-order valence-electron chi connectivity index (χ2n) is 6.73. The minimum Gasteiger partial charge on any atom is -0.323 e. The molecule has 0 unspecified atom stereocenters. The minimum absolute atomic E-state index is 0.104. The van der Waals surface area contributed by atoms with Crippen LogP contribution in [0.25, 0.3) is 0 Å². The Kier molecular flexibility index (Phi) is 3.96. The lowest BCUT2D eigenvalue weighted by atomic mass is 9.73. The van der Waals surface area contributed by atoms with Gasteiger partial charge in [-0.05, 0) is 25.7 Å². The van der Waals surface area contributed by atoms with Crippen molar-refractivity contribution in [2.75, 3.05) is 6.54 Å². The summed E-state index contributed by atoms with van der Waals surface area (Å²) in [5, 5.41) is 2.87. The second kappa shape index (κ2) is 5.80. The van der Waals surface area contributed by atoms with E-state index in [4.69, 9.17) is 0 Å². The van der Waals surface area contributed by atoms with E-state index in [2.05, 4.69) is 5.32 Å². The smallest absolute Gasteiger partial charge is 0.323 e. The van der Waals surface area contributed by atoms with Gasteiger partial charge < -0.3 is 5.32 Å². The highest BCUT2D eigenvalue weighted by Gasteiger charge is 2.55. The molecule has 1 aromatic rings. The highest BCUT2D eigenvalue weighted by atomic mass is 16.2. The molecule has 1 aliphatic carbocycles. The number of hydrogen-bond acceptors (Lipinski definition) is 3. The largest absolute Gasteiger partial charge is 0.325 e. The molecule has 5 nitrogen and oxygen atoms in total. The van der Waals surface area contributed by atoms with E-state index in [1.807, 2.05) is 26.0 Å². The lowest BCUT2D eigenvalue weighted by molar-refractivity contribution is -0.133. The van der Waals surface area contributed by atoms with Gasteiger partial charge in [0.05, 0.1) is 6.54 Å². The summed E-state index contributed by atoms with van der Waals surface area (Å²) in [7, 11) is 0. The van der Waals surface area contributed by atoms with Gasteiger partial charge in [0.25, 0.3) is 5.91 Å². The highest BCUT2D eigenvalue weighted by Crippen LogP contribution is 2.38. The number of nitrogens with one attached hydrogen (secondary N) is 1. The zero-order valence-corrected chi connectivity index (χ0v) is 13.6. The first-order valence-electron chi connectivity index (χ1n) is 8.18. The standard InChI is InChI=1S/C18H22N2O3/c1-12-6-8-14(9-7-12)15(21)11-20-16(22)18(19-17(20)23)10-4-3-5-13(18)2/h6-9,13H,3-5,10-11H2,1-2H3,(H,19,23)/t13-,18+/m1/s1. The van der Waals surface area contributed by atoms with Crippen LogP contribution in [0.3, 0.4) is 0 Å². The van der Waals surface area contributed by atoms with Crippen LogP contribution in [0.5, 0.6) is 0 Å². The summed E-state index contributed by atoms with van der Waals surface area (Å²) in [5.41, 5.74) is 0.781. The van der Waals surface area contributed by atoms with Crippen molar-refractivity contribution in [3.8, 4) is 0 Å². The summed E-state index contributed by atoms with van der Waals surface area (Å²) in [6.07, 6.45) is 3.59. The van der Waals surface area contributed by atoms with Crippen LogP contribution < -0.4 is 5.32 Å². The van der Waals surface area contributed by atoms with Gasteiger partial charge in [0.15, 0.2) is 5.78 Å². The maximum atomic E-state index is 12.8. The van der Waals surface area contributed by atoms with Gasteiger partial charge in [-0.1, -0.05) is 49.6 Å². The summed E-state index contributed by atoms with van der Waals surface area (Å²) < 4.78 is 0. The topological polar surface area (TPSA) is 66.5 Å². The summed E-state index contributed by atoms with van der Waals surface area (Å²) in [6.45, 7) is 3.75. The molecule has 2 aliphatic rings. The van der Waals surface area contributed by atoms with E-state index in [0.717, 1.165) is 29.7 Å². The van der Waals surface area contributed by atoms with Crippen LogP contribution in [0.2, 0.25) is 0 Å². The molecule has 1 spiro atoms. The number of benzene rings is 1. The first-order chi connectivity index (χ1) is 10.9. The number of amides is 3. The Morgan fingerprint density at radius 3 is 2.61 bits per heavy atom. The fourth-order valence-corrected chi connectivity index (χ4v) is 3.61. The maximum absolute atomic E-state index is 12.8. The van der Waals surface area contributed by atoms with Crippen molar-refractivity contribution >= 4 is 17.7 Å². The quantitative estimate of drug-likeness (QED) is 0.689. The number of rotatable bonds is 3. The second-order valence-corrected chi connectivity index (χ2v) is 6.73. The van der Waals surface area contributed by atoms with E-state index < -0.39 is 11.6 Å². The minimum atomic E-state index is -0.803. The van der Waals surface area contributed by atoms with E-state index in [-0.39, 0.29) is 24.2 Å². The van der Waals surface area contributed by atoms with E-state index in [1.54, 1.807) is 12.1 Å². The monoisotopic (exact) mass is 314 g/mol. The number of imide groups is 1. The van der Waals surface area contributed by atoms with Crippen molar-refractivity contribution in [3.63, 3.8) is 0 Å². The van der Waals surface area contributed by atoms with Gasteiger partial charge in [-0.3, -0.25) is 14.5 Å². The van der Waals surface area contributed by atoms with Gasteiger partial charge >= 0.3 is 6.03 Å². The van der Waals surface area contributed by atoms with E-state index in [0.29, 0.717) is 12.0 Å². The van der Waals surface area contributed by atoms with Crippen LogP contribution in [-0.4, -0.2) is 34.7 Å². The fourth-order valence-electron chi connectivity index (χ4n) is 3.61. The molecule has 1 aromatic carbocycles. The van der Waals surface area contributed by atoms with Crippen LogP contribution in [-0.2, 0) is 4.79 Å². The van der Waals surface area contributed by atoms with Crippen LogP contribution in [0, 0.1) is 12.8 Å². The fraction of sp³-hybridized carbons (Fsp3) is 0.500. The number of hydrogen-bond donors (Lipinski definition) is 1. The molecule has 23 heavy (non-hydrogen) atoms. The molecule has 0 aromatic heterocycles. The van der Waals surface area contributed by atoms with Crippen LogP contribution >= 0.6 is 0 Å². The molecule has 2 atom stereocenters. The molecule has 2 fully saturated rings.